The lowest BCUT2D eigenvalue weighted by Gasteiger charge is -2.34. The summed E-state index contributed by atoms with van der Waals surface area (Å²) in [6.45, 7) is 5.09. The van der Waals surface area contributed by atoms with Crippen molar-refractivity contribution in [3.05, 3.63) is 60.4 Å². The summed E-state index contributed by atoms with van der Waals surface area (Å²) in [5.74, 6) is 1.67. The number of halogens is 2. The predicted octanol–water partition coefficient (Wildman–Crippen LogP) is 3.28. The van der Waals surface area contributed by atoms with Gasteiger partial charge in [0.05, 0.1) is 11.0 Å². The maximum Gasteiger partial charge on any atom is 0.242 e. The van der Waals surface area contributed by atoms with E-state index >= 15 is 0 Å². The van der Waals surface area contributed by atoms with Gasteiger partial charge < -0.3 is 19.5 Å². The van der Waals surface area contributed by atoms with Crippen LogP contribution in [0.2, 0.25) is 0 Å². The zero-order chi connectivity index (χ0) is 18.6. The van der Waals surface area contributed by atoms with Crippen LogP contribution in [0.4, 0.5) is 0 Å². The first-order valence-corrected chi connectivity index (χ1v) is 9.34. The minimum atomic E-state index is 0. The molecule has 2 aromatic carbocycles. The summed E-state index contributed by atoms with van der Waals surface area (Å²) >= 11 is 0. The summed E-state index contributed by atoms with van der Waals surface area (Å²) in [5.41, 5.74) is 1.84. The van der Waals surface area contributed by atoms with Crippen LogP contribution in [0.5, 0.6) is 5.75 Å². The Kier molecular flexibility index (Phi) is 8.32. The Balaban J connectivity index is 0.00000150. The number of hydrogen-bond donors (Lipinski definition) is 1. The minimum Gasteiger partial charge on any atom is -0.486 e. The van der Waals surface area contributed by atoms with E-state index in [9.17, 15) is 4.79 Å². The molecule has 0 aliphatic carbocycles. The number of ether oxygens (including phenoxy) is 1. The average Bonchev–Trinajstić information content (AvgIpc) is 3.05. The van der Waals surface area contributed by atoms with Crippen molar-refractivity contribution in [3.63, 3.8) is 0 Å². The lowest BCUT2D eigenvalue weighted by molar-refractivity contribution is -0.134. The van der Waals surface area contributed by atoms with Crippen LogP contribution in [0.15, 0.2) is 54.6 Å². The maximum atomic E-state index is 13.0. The molecule has 0 unspecified atom stereocenters. The molecule has 1 aromatic heterocycles. The number of benzene rings is 2. The summed E-state index contributed by atoms with van der Waals surface area (Å²) in [4.78, 5) is 19.6. The Morgan fingerprint density at radius 1 is 1.14 bits per heavy atom. The Bertz CT molecular complexity index is 933. The summed E-state index contributed by atoms with van der Waals surface area (Å²) in [6, 6.07) is 17.8. The van der Waals surface area contributed by atoms with Gasteiger partial charge in [-0.25, -0.2) is 4.98 Å². The first kappa shape index (κ1) is 23.0. The third-order valence-corrected chi connectivity index (χ3v) is 4.96. The molecule has 1 saturated heterocycles. The van der Waals surface area contributed by atoms with Gasteiger partial charge in [0.15, 0.2) is 0 Å². The van der Waals surface area contributed by atoms with E-state index < -0.39 is 0 Å². The third-order valence-electron chi connectivity index (χ3n) is 4.96. The number of nitrogens with zero attached hydrogens (tertiary/aromatic N) is 3. The molecule has 1 aliphatic rings. The Hall–Kier alpha value is -2.28. The average molecular weight is 437 g/mol. The molecular weight excluding hydrogens is 411 g/mol. The van der Waals surface area contributed by atoms with Gasteiger partial charge in [0, 0.05) is 25.7 Å². The van der Waals surface area contributed by atoms with Gasteiger partial charge in [-0.1, -0.05) is 30.3 Å². The van der Waals surface area contributed by atoms with E-state index in [4.69, 9.17) is 9.72 Å². The zero-order valence-corrected chi connectivity index (χ0v) is 17.9. The SMILES string of the molecule is C[C@H]1CNCCN1C(=O)Cn1c(COc2ccccc2)nc2ccccc21.Cl.Cl. The number of rotatable bonds is 5. The second kappa shape index (κ2) is 10.5. The quantitative estimate of drug-likeness (QED) is 0.666. The highest BCUT2D eigenvalue weighted by molar-refractivity contribution is 5.85. The van der Waals surface area contributed by atoms with Crippen LogP contribution in [0.25, 0.3) is 11.0 Å². The molecule has 1 atom stereocenters. The number of piperazine rings is 1. The first-order chi connectivity index (χ1) is 13.2. The van der Waals surface area contributed by atoms with E-state index in [1.807, 2.05) is 64.1 Å². The molecule has 156 valence electrons. The largest absolute Gasteiger partial charge is 0.486 e. The molecule has 29 heavy (non-hydrogen) atoms. The van der Waals surface area contributed by atoms with Crippen LogP contribution < -0.4 is 10.1 Å². The van der Waals surface area contributed by atoms with Crippen LogP contribution in [0.1, 0.15) is 12.7 Å². The van der Waals surface area contributed by atoms with E-state index in [1.54, 1.807) is 0 Å². The lowest BCUT2D eigenvalue weighted by atomic mass is 10.2. The zero-order valence-electron chi connectivity index (χ0n) is 16.3. The maximum absolute atomic E-state index is 13.0. The Morgan fingerprint density at radius 3 is 2.62 bits per heavy atom. The molecule has 0 saturated carbocycles. The molecule has 2 heterocycles. The van der Waals surface area contributed by atoms with Crippen LogP contribution >= 0.6 is 24.8 Å². The summed E-state index contributed by atoms with van der Waals surface area (Å²) in [5, 5.41) is 3.32. The molecule has 1 amide bonds. The van der Waals surface area contributed by atoms with Crippen LogP contribution in [-0.2, 0) is 17.9 Å². The lowest BCUT2D eigenvalue weighted by Crippen LogP contribution is -2.53. The van der Waals surface area contributed by atoms with E-state index in [1.165, 1.54) is 0 Å². The van der Waals surface area contributed by atoms with Gasteiger partial charge in [0.2, 0.25) is 5.91 Å². The number of carbonyl (C=O) groups is 1. The van der Waals surface area contributed by atoms with Gasteiger partial charge in [-0.15, -0.1) is 24.8 Å². The highest BCUT2D eigenvalue weighted by Gasteiger charge is 2.24. The van der Waals surface area contributed by atoms with Crippen molar-refractivity contribution < 1.29 is 9.53 Å². The fraction of sp³-hybridized carbons (Fsp3) is 0.333. The van der Waals surface area contributed by atoms with Crippen molar-refractivity contribution in [2.75, 3.05) is 19.6 Å². The van der Waals surface area contributed by atoms with Crippen LogP contribution in [0.3, 0.4) is 0 Å². The standard InChI is InChI=1S/C21H24N4O2.2ClH/c1-16-13-22-11-12-24(16)21(26)14-25-19-10-6-5-9-18(19)23-20(25)15-27-17-7-3-2-4-8-17;;/h2-10,16,22H,11-15H2,1H3;2*1H/t16-;;/m0../s1. The Morgan fingerprint density at radius 2 is 1.86 bits per heavy atom. The van der Waals surface area contributed by atoms with Gasteiger partial charge >= 0.3 is 0 Å². The number of nitrogens with one attached hydrogen (secondary N) is 1. The highest BCUT2D eigenvalue weighted by atomic mass is 35.5. The smallest absolute Gasteiger partial charge is 0.242 e. The van der Waals surface area contributed by atoms with Gasteiger partial charge in [-0.2, -0.15) is 0 Å². The third kappa shape index (κ3) is 5.21. The molecule has 4 rings (SSSR count). The highest BCUT2D eigenvalue weighted by Crippen LogP contribution is 2.19. The summed E-state index contributed by atoms with van der Waals surface area (Å²) < 4.78 is 7.87. The topological polar surface area (TPSA) is 59.4 Å². The molecule has 1 N–H and O–H groups in total. The van der Waals surface area contributed by atoms with Crippen molar-refractivity contribution in [3.8, 4) is 5.75 Å². The molecule has 0 radical (unpaired) electrons. The number of hydrogen-bond acceptors (Lipinski definition) is 4. The molecule has 1 aliphatic heterocycles. The number of fused-ring (bicyclic) bond motifs is 1. The summed E-state index contributed by atoms with van der Waals surface area (Å²) in [7, 11) is 0. The molecule has 3 aromatic rings. The molecule has 0 bridgehead atoms. The molecule has 8 heteroatoms. The van der Waals surface area contributed by atoms with Gasteiger partial charge in [-0.05, 0) is 31.2 Å². The van der Waals surface area contributed by atoms with E-state index in [-0.39, 0.29) is 43.3 Å². The number of para-hydroxylation sites is 3. The van der Waals surface area contributed by atoms with E-state index in [2.05, 4.69) is 12.2 Å². The monoisotopic (exact) mass is 436 g/mol. The van der Waals surface area contributed by atoms with Crippen molar-refractivity contribution in [1.29, 1.82) is 0 Å². The number of imidazole rings is 1. The fourth-order valence-corrected chi connectivity index (χ4v) is 3.51. The van der Waals surface area contributed by atoms with Crippen LogP contribution in [-0.4, -0.2) is 46.0 Å². The fourth-order valence-electron chi connectivity index (χ4n) is 3.51. The number of carbonyl (C=O) groups excluding carboxylic acids is 1. The number of amides is 1. The number of aromatic nitrogens is 2. The minimum absolute atomic E-state index is 0. The summed E-state index contributed by atoms with van der Waals surface area (Å²) in [6.07, 6.45) is 0. The van der Waals surface area contributed by atoms with Crippen molar-refractivity contribution in [2.24, 2.45) is 0 Å². The molecular formula is C21H26Cl2N4O2. The molecule has 0 spiro atoms. The second-order valence-electron chi connectivity index (χ2n) is 6.84. The van der Waals surface area contributed by atoms with Gasteiger partial charge in [0.1, 0.15) is 24.7 Å². The van der Waals surface area contributed by atoms with Crippen molar-refractivity contribution in [1.82, 2.24) is 19.8 Å². The van der Waals surface area contributed by atoms with Crippen molar-refractivity contribution in [2.45, 2.75) is 26.1 Å². The van der Waals surface area contributed by atoms with E-state index in [0.717, 1.165) is 42.2 Å². The first-order valence-electron chi connectivity index (χ1n) is 9.34. The Labute approximate surface area is 183 Å². The second-order valence-corrected chi connectivity index (χ2v) is 6.84. The normalized spacial score (nSPS) is 16.0. The molecule has 6 nitrogen and oxygen atoms in total. The van der Waals surface area contributed by atoms with Crippen molar-refractivity contribution >= 4 is 41.8 Å². The molecule has 1 fully saturated rings. The van der Waals surface area contributed by atoms with E-state index in [0.29, 0.717) is 6.61 Å². The predicted molar refractivity (Wildman–Crippen MR) is 119 cm³/mol. The van der Waals surface area contributed by atoms with Gasteiger partial charge in [0.25, 0.3) is 0 Å². The van der Waals surface area contributed by atoms with Gasteiger partial charge in [-0.3, -0.25) is 4.79 Å². The van der Waals surface area contributed by atoms with Crippen LogP contribution in [0, 0.1) is 0 Å².